The summed E-state index contributed by atoms with van der Waals surface area (Å²) in [5.74, 6) is 1.82. The Morgan fingerprint density at radius 3 is 2.30 bits per heavy atom. The van der Waals surface area contributed by atoms with Crippen LogP contribution in [0.25, 0.3) is 0 Å². The number of benzene rings is 2. The Bertz CT molecular complexity index is 652. The molecule has 0 spiro atoms. The van der Waals surface area contributed by atoms with E-state index in [4.69, 9.17) is 4.74 Å². The van der Waals surface area contributed by atoms with Crippen molar-refractivity contribution in [1.29, 1.82) is 0 Å². The minimum Gasteiger partial charge on any atom is -0.508 e. The van der Waals surface area contributed by atoms with Crippen LogP contribution in [0.2, 0.25) is 0 Å². The minimum atomic E-state index is -0.651. The highest BCUT2D eigenvalue weighted by Crippen LogP contribution is 2.32. The van der Waals surface area contributed by atoms with Gasteiger partial charge >= 0.3 is 0 Å². The second-order valence-electron chi connectivity index (χ2n) is 6.66. The molecule has 0 aliphatic carbocycles. The number of phenols is 1. The van der Waals surface area contributed by atoms with E-state index in [1.165, 1.54) is 5.56 Å². The second kappa shape index (κ2) is 7.05. The zero-order chi connectivity index (χ0) is 17.0. The third-order valence-electron chi connectivity index (χ3n) is 3.87. The Labute approximate surface area is 138 Å². The van der Waals surface area contributed by atoms with Gasteiger partial charge < -0.3 is 14.9 Å². The van der Waals surface area contributed by atoms with Gasteiger partial charge in [-0.1, -0.05) is 19.1 Å². The number of aliphatic hydroxyl groups is 1. The Morgan fingerprint density at radius 2 is 1.74 bits per heavy atom. The van der Waals surface area contributed by atoms with Crippen molar-refractivity contribution in [2.24, 2.45) is 0 Å². The molecular weight excluding hydrogens is 288 g/mol. The predicted molar refractivity (Wildman–Crippen MR) is 93.4 cm³/mol. The molecule has 0 bridgehead atoms. The molecule has 0 heterocycles. The Morgan fingerprint density at radius 1 is 1.09 bits per heavy atom. The van der Waals surface area contributed by atoms with Crippen LogP contribution in [0, 0.1) is 6.92 Å². The Hall–Kier alpha value is -2.00. The average molecular weight is 314 g/mol. The van der Waals surface area contributed by atoms with Gasteiger partial charge in [-0.15, -0.1) is 0 Å². The topological polar surface area (TPSA) is 49.7 Å². The third kappa shape index (κ3) is 5.00. The van der Waals surface area contributed by atoms with Crippen molar-refractivity contribution in [3.63, 3.8) is 0 Å². The molecule has 0 amide bonds. The summed E-state index contributed by atoms with van der Waals surface area (Å²) in [7, 11) is 0. The van der Waals surface area contributed by atoms with Gasteiger partial charge in [-0.3, -0.25) is 0 Å². The molecule has 2 aromatic rings. The smallest absolute Gasteiger partial charge is 0.133 e. The molecule has 0 fully saturated rings. The van der Waals surface area contributed by atoms with E-state index in [0.717, 1.165) is 36.1 Å². The molecule has 3 heteroatoms. The third-order valence-corrected chi connectivity index (χ3v) is 3.87. The van der Waals surface area contributed by atoms with Crippen LogP contribution in [0.5, 0.6) is 17.2 Å². The lowest BCUT2D eigenvalue weighted by molar-refractivity contribution is 0.0714. The molecule has 2 aromatic carbocycles. The number of aryl methyl sites for hydroxylation is 3. The van der Waals surface area contributed by atoms with Gasteiger partial charge in [-0.25, -0.2) is 0 Å². The zero-order valence-electron chi connectivity index (χ0n) is 14.4. The van der Waals surface area contributed by atoms with Crippen molar-refractivity contribution in [2.45, 2.75) is 52.6 Å². The first-order chi connectivity index (χ1) is 10.8. The van der Waals surface area contributed by atoms with Crippen LogP contribution < -0.4 is 4.74 Å². The molecule has 0 aliphatic rings. The summed E-state index contributed by atoms with van der Waals surface area (Å²) >= 11 is 0. The van der Waals surface area contributed by atoms with Crippen LogP contribution in [-0.2, 0) is 12.8 Å². The molecule has 0 aromatic heterocycles. The van der Waals surface area contributed by atoms with Crippen molar-refractivity contribution >= 4 is 0 Å². The van der Waals surface area contributed by atoms with E-state index in [2.05, 4.69) is 19.1 Å². The number of aromatic hydroxyl groups is 1. The summed E-state index contributed by atoms with van der Waals surface area (Å²) in [5.41, 5.74) is 2.81. The van der Waals surface area contributed by atoms with E-state index >= 15 is 0 Å². The molecular formula is C20H26O3. The van der Waals surface area contributed by atoms with Gasteiger partial charge in [0.2, 0.25) is 0 Å². The Kier molecular flexibility index (Phi) is 5.32. The number of phenolic OH excluding ortho intramolecular Hbond substituents is 1. The fourth-order valence-electron chi connectivity index (χ4n) is 2.56. The molecule has 0 radical (unpaired) electrons. The maximum absolute atomic E-state index is 9.90. The van der Waals surface area contributed by atoms with Gasteiger partial charge in [0, 0.05) is 0 Å². The van der Waals surface area contributed by atoms with Gasteiger partial charge in [0.1, 0.15) is 17.2 Å². The normalized spacial score (nSPS) is 11.5. The first-order valence-electron chi connectivity index (χ1n) is 8.10. The standard InChI is InChI=1S/C20H26O3/c1-5-16-13-15(10-11-20(3,4)22)12-14(2)19(16)23-18-8-6-17(21)7-9-18/h6-9,12-13,21-22H,5,10-11H2,1-4H3. The average Bonchev–Trinajstić information content (AvgIpc) is 2.48. The number of ether oxygens (including phenoxy) is 1. The van der Waals surface area contributed by atoms with Crippen LogP contribution >= 0.6 is 0 Å². The number of hydrogen-bond acceptors (Lipinski definition) is 3. The lowest BCUT2D eigenvalue weighted by Gasteiger charge is -2.19. The van der Waals surface area contributed by atoms with E-state index in [9.17, 15) is 10.2 Å². The molecule has 2 rings (SSSR count). The summed E-state index contributed by atoms with van der Waals surface area (Å²) in [6.45, 7) is 7.83. The Balaban J connectivity index is 2.24. The summed E-state index contributed by atoms with van der Waals surface area (Å²) in [6, 6.07) is 11.0. The summed E-state index contributed by atoms with van der Waals surface area (Å²) in [4.78, 5) is 0. The van der Waals surface area contributed by atoms with Gasteiger partial charge in [0.25, 0.3) is 0 Å². The van der Waals surface area contributed by atoms with E-state index in [1.807, 2.05) is 20.8 Å². The predicted octanol–water partition coefficient (Wildman–Crippen LogP) is 4.76. The molecule has 0 aliphatic heterocycles. The van der Waals surface area contributed by atoms with Crippen LogP contribution in [0.15, 0.2) is 36.4 Å². The van der Waals surface area contributed by atoms with Gasteiger partial charge in [0.15, 0.2) is 0 Å². The highest BCUT2D eigenvalue weighted by Gasteiger charge is 2.14. The number of hydrogen-bond donors (Lipinski definition) is 2. The van der Waals surface area contributed by atoms with E-state index < -0.39 is 5.60 Å². The minimum absolute atomic E-state index is 0.228. The van der Waals surface area contributed by atoms with Crippen molar-refractivity contribution in [1.82, 2.24) is 0 Å². The highest BCUT2D eigenvalue weighted by atomic mass is 16.5. The largest absolute Gasteiger partial charge is 0.508 e. The summed E-state index contributed by atoms with van der Waals surface area (Å²) in [5, 5.41) is 19.3. The van der Waals surface area contributed by atoms with E-state index in [-0.39, 0.29) is 5.75 Å². The highest BCUT2D eigenvalue weighted by molar-refractivity contribution is 5.47. The lowest BCUT2D eigenvalue weighted by Crippen LogP contribution is -2.19. The van der Waals surface area contributed by atoms with E-state index in [0.29, 0.717) is 5.75 Å². The molecule has 3 nitrogen and oxygen atoms in total. The second-order valence-corrected chi connectivity index (χ2v) is 6.66. The lowest BCUT2D eigenvalue weighted by atomic mass is 9.95. The van der Waals surface area contributed by atoms with Crippen LogP contribution in [0.4, 0.5) is 0 Å². The summed E-state index contributed by atoms with van der Waals surface area (Å²) < 4.78 is 6.03. The zero-order valence-corrected chi connectivity index (χ0v) is 14.4. The molecule has 0 unspecified atom stereocenters. The van der Waals surface area contributed by atoms with E-state index in [1.54, 1.807) is 24.3 Å². The fourth-order valence-corrected chi connectivity index (χ4v) is 2.56. The molecule has 0 saturated carbocycles. The molecule has 0 atom stereocenters. The quantitative estimate of drug-likeness (QED) is 0.808. The van der Waals surface area contributed by atoms with Crippen molar-refractivity contribution in [3.8, 4) is 17.2 Å². The molecule has 2 N–H and O–H groups in total. The first kappa shape index (κ1) is 17.4. The monoisotopic (exact) mass is 314 g/mol. The van der Waals surface area contributed by atoms with Crippen molar-refractivity contribution in [3.05, 3.63) is 53.1 Å². The maximum Gasteiger partial charge on any atom is 0.133 e. The van der Waals surface area contributed by atoms with Crippen LogP contribution in [0.3, 0.4) is 0 Å². The SMILES string of the molecule is CCc1cc(CCC(C)(C)O)cc(C)c1Oc1ccc(O)cc1. The van der Waals surface area contributed by atoms with Crippen LogP contribution in [0.1, 0.15) is 43.9 Å². The van der Waals surface area contributed by atoms with Crippen LogP contribution in [-0.4, -0.2) is 15.8 Å². The maximum atomic E-state index is 9.90. The fraction of sp³-hybridized carbons (Fsp3) is 0.400. The van der Waals surface area contributed by atoms with Gasteiger partial charge in [-0.2, -0.15) is 0 Å². The van der Waals surface area contributed by atoms with Crippen molar-refractivity contribution < 1.29 is 14.9 Å². The molecule has 0 saturated heterocycles. The van der Waals surface area contributed by atoms with Gasteiger partial charge in [0.05, 0.1) is 5.60 Å². The summed E-state index contributed by atoms with van der Waals surface area (Å²) in [6.07, 6.45) is 2.45. The van der Waals surface area contributed by atoms with Gasteiger partial charge in [-0.05, 0) is 81.0 Å². The van der Waals surface area contributed by atoms with Crippen molar-refractivity contribution in [2.75, 3.05) is 0 Å². The first-order valence-corrected chi connectivity index (χ1v) is 8.10. The number of rotatable bonds is 6. The molecule has 23 heavy (non-hydrogen) atoms. The molecule has 124 valence electrons.